The predicted octanol–water partition coefficient (Wildman–Crippen LogP) is 3.37. The molecule has 2 aromatic rings. The molecule has 1 atom stereocenters. The van der Waals surface area contributed by atoms with Crippen molar-refractivity contribution in [3.05, 3.63) is 59.9 Å². The van der Waals surface area contributed by atoms with Crippen LogP contribution >= 0.6 is 0 Å². The number of halogens is 1. The molecule has 9 heteroatoms. The number of likely N-dealkylation sites (tertiary alicyclic amines) is 1. The topological polar surface area (TPSA) is 96.0 Å². The summed E-state index contributed by atoms with van der Waals surface area (Å²) in [6.45, 7) is 5.48. The molecule has 1 N–H and O–H groups in total. The van der Waals surface area contributed by atoms with Gasteiger partial charge in [0, 0.05) is 18.7 Å². The Hall–Kier alpha value is -3.75. The summed E-state index contributed by atoms with van der Waals surface area (Å²) in [6.07, 6.45) is -0.306. The second kappa shape index (κ2) is 9.48. The number of hydrogen-bond donors (Lipinski definition) is 1. The Morgan fingerprint density at radius 1 is 1.06 bits per heavy atom. The van der Waals surface area contributed by atoms with E-state index < -0.39 is 35.3 Å². The summed E-state index contributed by atoms with van der Waals surface area (Å²) in [4.78, 5) is 54.4. The van der Waals surface area contributed by atoms with Gasteiger partial charge in [0.05, 0.1) is 17.3 Å². The van der Waals surface area contributed by atoms with Crippen LogP contribution in [0.1, 0.15) is 44.0 Å². The molecule has 0 aliphatic carbocycles. The van der Waals surface area contributed by atoms with Crippen LogP contribution in [0.15, 0.2) is 48.5 Å². The van der Waals surface area contributed by atoms with E-state index in [1.54, 1.807) is 43.0 Å². The average molecular weight is 482 g/mol. The molecule has 0 unspecified atom stereocenters. The lowest BCUT2D eigenvalue weighted by Gasteiger charge is -2.43. The highest BCUT2D eigenvalue weighted by Gasteiger charge is 2.45. The summed E-state index contributed by atoms with van der Waals surface area (Å²) in [6, 6.07) is 12.3. The highest BCUT2D eigenvalue weighted by molar-refractivity contribution is 6.15. The number of hydrogen-bond acceptors (Lipinski definition) is 5. The zero-order valence-corrected chi connectivity index (χ0v) is 19.9. The molecule has 0 radical (unpaired) electrons. The van der Waals surface area contributed by atoms with Gasteiger partial charge in [0.2, 0.25) is 5.91 Å². The first kappa shape index (κ1) is 24.4. The van der Waals surface area contributed by atoms with E-state index in [0.717, 1.165) is 0 Å². The van der Waals surface area contributed by atoms with Crippen LogP contribution in [0.3, 0.4) is 0 Å². The van der Waals surface area contributed by atoms with E-state index in [2.05, 4.69) is 5.32 Å². The van der Waals surface area contributed by atoms with Crippen LogP contribution in [0.4, 0.5) is 15.8 Å². The number of carbonyl (C=O) groups excluding carboxylic acids is 4. The lowest BCUT2D eigenvalue weighted by atomic mass is 9.95. The van der Waals surface area contributed by atoms with E-state index in [1.165, 1.54) is 36.1 Å². The minimum absolute atomic E-state index is 0.218. The van der Waals surface area contributed by atoms with Crippen molar-refractivity contribution in [3.8, 4) is 0 Å². The lowest BCUT2D eigenvalue weighted by molar-refractivity contribution is -0.159. The minimum Gasteiger partial charge on any atom is -0.452 e. The number of nitrogens with zero attached hydrogens (tertiary/aromatic N) is 2. The Labute approximate surface area is 203 Å². The van der Waals surface area contributed by atoms with Crippen molar-refractivity contribution in [1.29, 1.82) is 0 Å². The second-order valence-electron chi connectivity index (χ2n) is 9.36. The maximum atomic E-state index is 13.4. The third-order valence-corrected chi connectivity index (χ3v) is 6.58. The molecule has 4 rings (SSSR count). The zero-order valence-electron chi connectivity index (χ0n) is 19.9. The smallest absolute Gasteiger partial charge is 0.309 e. The molecule has 0 bridgehead atoms. The van der Waals surface area contributed by atoms with Crippen molar-refractivity contribution in [2.24, 2.45) is 5.92 Å². The summed E-state index contributed by atoms with van der Waals surface area (Å²) in [5.41, 5.74) is 0.276. The number of amides is 3. The molecule has 35 heavy (non-hydrogen) atoms. The molecule has 1 fully saturated rings. The van der Waals surface area contributed by atoms with Gasteiger partial charge in [-0.15, -0.1) is 0 Å². The summed E-state index contributed by atoms with van der Waals surface area (Å²) >= 11 is 0. The van der Waals surface area contributed by atoms with E-state index in [1.807, 2.05) is 0 Å². The van der Waals surface area contributed by atoms with Crippen molar-refractivity contribution in [3.63, 3.8) is 0 Å². The molecule has 1 saturated heterocycles. The van der Waals surface area contributed by atoms with Crippen LogP contribution in [0.25, 0.3) is 0 Å². The van der Waals surface area contributed by atoms with Crippen LogP contribution in [0.5, 0.6) is 0 Å². The molecule has 0 saturated carbocycles. The van der Waals surface area contributed by atoms with Crippen molar-refractivity contribution in [2.75, 3.05) is 23.3 Å². The van der Waals surface area contributed by atoms with Crippen molar-refractivity contribution in [1.82, 2.24) is 4.90 Å². The lowest BCUT2D eigenvalue weighted by Crippen LogP contribution is -2.60. The Morgan fingerprint density at radius 2 is 1.69 bits per heavy atom. The number of fused-ring (bicyclic) bond motifs is 1. The number of esters is 1. The fourth-order valence-electron chi connectivity index (χ4n) is 4.44. The van der Waals surface area contributed by atoms with Gasteiger partial charge in [0.1, 0.15) is 11.4 Å². The fraction of sp³-hybridized carbons (Fsp3) is 0.385. The van der Waals surface area contributed by atoms with Crippen LogP contribution < -0.4 is 10.2 Å². The molecule has 184 valence electrons. The Kier molecular flexibility index (Phi) is 6.60. The molecule has 3 amide bonds. The van der Waals surface area contributed by atoms with E-state index in [9.17, 15) is 23.6 Å². The average Bonchev–Trinajstić information content (AvgIpc) is 2.84. The number of anilines is 2. The van der Waals surface area contributed by atoms with Crippen molar-refractivity contribution < 1.29 is 28.3 Å². The van der Waals surface area contributed by atoms with Gasteiger partial charge < -0.3 is 15.0 Å². The highest BCUT2D eigenvalue weighted by atomic mass is 19.1. The molecule has 0 spiro atoms. The van der Waals surface area contributed by atoms with Gasteiger partial charge in [0.15, 0.2) is 6.10 Å². The number of ether oxygens (including phenoxy) is 1. The molecule has 2 aliphatic heterocycles. The standard InChI is InChI=1S/C26H28FN3O5/c1-16(22(31)30-21-7-5-4-6-20(21)28-25(34)26(30,2)3)35-24(33)18-12-14-29(15-13-18)23(32)17-8-10-19(27)11-9-17/h4-11,16,18H,12-15H2,1-3H3,(H,28,34)/t16-/m1/s1. The predicted molar refractivity (Wildman–Crippen MR) is 127 cm³/mol. The van der Waals surface area contributed by atoms with E-state index in [4.69, 9.17) is 4.74 Å². The van der Waals surface area contributed by atoms with E-state index >= 15 is 0 Å². The number of rotatable bonds is 4. The number of nitrogens with one attached hydrogen (secondary N) is 1. The van der Waals surface area contributed by atoms with Gasteiger partial charge in [-0.3, -0.25) is 24.1 Å². The third kappa shape index (κ3) is 4.76. The van der Waals surface area contributed by atoms with E-state index in [0.29, 0.717) is 42.9 Å². The van der Waals surface area contributed by atoms with Gasteiger partial charge in [-0.2, -0.15) is 0 Å². The molecular formula is C26H28FN3O5. The first-order valence-corrected chi connectivity index (χ1v) is 11.6. The van der Waals surface area contributed by atoms with Crippen molar-refractivity contribution >= 4 is 35.1 Å². The number of para-hydroxylation sites is 2. The summed E-state index contributed by atoms with van der Waals surface area (Å²) < 4.78 is 18.7. The zero-order chi connectivity index (χ0) is 25.3. The fourth-order valence-corrected chi connectivity index (χ4v) is 4.44. The van der Waals surface area contributed by atoms with Gasteiger partial charge in [-0.05, 0) is 70.0 Å². The van der Waals surface area contributed by atoms with Crippen LogP contribution in [0.2, 0.25) is 0 Å². The molecule has 8 nitrogen and oxygen atoms in total. The first-order valence-electron chi connectivity index (χ1n) is 11.6. The molecule has 2 aromatic carbocycles. The van der Waals surface area contributed by atoms with Gasteiger partial charge >= 0.3 is 5.97 Å². The Bertz CT molecular complexity index is 1160. The van der Waals surface area contributed by atoms with Crippen LogP contribution in [0, 0.1) is 11.7 Å². The Morgan fingerprint density at radius 3 is 2.34 bits per heavy atom. The summed E-state index contributed by atoms with van der Waals surface area (Å²) in [5.74, 6) is -2.41. The molecule has 2 aliphatic rings. The van der Waals surface area contributed by atoms with Gasteiger partial charge in [0.25, 0.3) is 11.8 Å². The SMILES string of the molecule is C[C@@H](OC(=O)C1CCN(C(=O)c2ccc(F)cc2)CC1)C(=O)N1c2ccccc2NC(=O)C1(C)C. The van der Waals surface area contributed by atoms with E-state index in [-0.39, 0.29) is 11.8 Å². The molecular weight excluding hydrogens is 453 g/mol. The van der Waals surface area contributed by atoms with Gasteiger partial charge in [-0.1, -0.05) is 12.1 Å². The van der Waals surface area contributed by atoms with Crippen molar-refractivity contribution in [2.45, 2.75) is 45.3 Å². The quantitative estimate of drug-likeness (QED) is 0.676. The van der Waals surface area contributed by atoms with Gasteiger partial charge in [-0.25, -0.2) is 4.39 Å². The second-order valence-corrected chi connectivity index (χ2v) is 9.36. The highest BCUT2D eigenvalue weighted by Crippen LogP contribution is 2.37. The monoisotopic (exact) mass is 481 g/mol. The van der Waals surface area contributed by atoms with Crippen LogP contribution in [-0.4, -0.2) is 53.3 Å². The first-order chi connectivity index (χ1) is 16.6. The normalized spacial score (nSPS) is 18.3. The number of benzene rings is 2. The third-order valence-electron chi connectivity index (χ3n) is 6.58. The molecule has 2 heterocycles. The Balaban J connectivity index is 1.38. The number of piperidine rings is 1. The van der Waals surface area contributed by atoms with Crippen LogP contribution in [-0.2, 0) is 19.1 Å². The largest absolute Gasteiger partial charge is 0.452 e. The number of carbonyl (C=O) groups is 4. The summed E-state index contributed by atoms with van der Waals surface area (Å²) in [7, 11) is 0. The minimum atomic E-state index is -1.17. The maximum absolute atomic E-state index is 13.4. The molecule has 0 aromatic heterocycles. The summed E-state index contributed by atoms with van der Waals surface area (Å²) in [5, 5.41) is 2.80. The maximum Gasteiger partial charge on any atom is 0.309 e.